The number of thioether (sulfide) groups is 1. The van der Waals surface area contributed by atoms with Gasteiger partial charge in [-0.05, 0) is 12.3 Å². The Balaban J connectivity index is 1.94. The van der Waals surface area contributed by atoms with E-state index in [2.05, 4.69) is 23.2 Å². The standard InChI is InChI=1S/C14H16N2OS/c1-18-9-14(17)16-7-6-13-11(8-16)10-4-2-3-5-12(10)15-13/h2-5,15H,6-9H2,1H3. The Hall–Kier alpha value is -1.42. The van der Waals surface area contributed by atoms with Gasteiger partial charge in [-0.25, -0.2) is 0 Å². The zero-order valence-electron chi connectivity index (χ0n) is 10.4. The Morgan fingerprint density at radius 1 is 1.44 bits per heavy atom. The molecule has 0 atom stereocenters. The van der Waals surface area contributed by atoms with Crippen LogP contribution < -0.4 is 0 Å². The number of aromatic amines is 1. The molecule has 1 N–H and O–H groups in total. The van der Waals surface area contributed by atoms with Crippen molar-refractivity contribution in [3.63, 3.8) is 0 Å². The first-order chi connectivity index (χ1) is 8.79. The number of hydrogen-bond acceptors (Lipinski definition) is 2. The van der Waals surface area contributed by atoms with Crippen molar-refractivity contribution in [2.24, 2.45) is 0 Å². The number of hydrogen-bond donors (Lipinski definition) is 1. The molecule has 1 aliphatic heterocycles. The van der Waals surface area contributed by atoms with Crippen LogP contribution in [0.5, 0.6) is 0 Å². The number of fused-ring (bicyclic) bond motifs is 3. The van der Waals surface area contributed by atoms with Gasteiger partial charge in [0.15, 0.2) is 0 Å². The second kappa shape index (κ2) is 4.69. The predicted octanol–water partition coefficient (Wildman–Crippen LogP) is 2.42. The largest absolute Gasteiger partial charge is 0.358 e. The zero-order valence-corrected chi connectivity index (χ0v) is 11.2. The number of rotatable bonds is 2. The molecule has 4 heteroatoms. The lowest BCUT2D eigenvalue weighted by Gasteiger charge is -2.27. The molecule has 0 unspecified atom stereocenters. The van der Waals surface area contributed by atoms with Crippen LogP contribution in [0.4, 0.5) is 0 Å². The molecular weight excluding hydrogens is 244 g/mol. The van der Waals surface area contributed by atoms with Crippen molar-refractivity contribution in [2.75, 3.05) is 18.6 Å². The lowest BCUT2D eigenvalue weighted by Crippen LogP contribution is -2.36. The molecule has 3 rings (SSSR count). The smallest absolute Gasteiger partial charge is 0.232 e. The minimum absolute atomic E-state index is 0.249. The summed E-state index contributed by atoms with van der Waals surface area (Å²) in [6.45, 7) is 1.58. The molecule has 0 saturated heterocycles. The van der Waals surface area contributed by atoms with Crippen molar-refractivity contribution in [3.05, 3.63) is 35.5 Å². The summed E-state index contributed by atoms with van der Waals surface area (Å²) in [6.07, 6.45) is 2.91. The quantitative estimate of drug-likeness (QED) is 0.900. The summed E-state index contributed by atoms with van der Waals surface area (Å²) >= 11 is 1.59. The molecular formula is C14H16N2OS. The zero-order chi connectivity index (χ0) is 12.5. The van der Waals surface area contributed by atoms with Crippen LogP contribution in [0.1, 0.15) is 11.3 Å². The van der Waals surface area contributed by atoms with Gasteiger partial charge in [0.1, 0.15) is 0 Å². The van der Waals surface area contributed by atoms with Crippen LogP contribution in [-0.2, 0) is 17.8 Å². The first-order valence-corrected chi connectivity index (χ1v) is 7.54. The van der Waals surface area contributed by atoms with Gasteiger partial charge < -0.3 is 9.88 Å². The summed E-state index contributed by atoms with van der Waals surface area (Å²) in [5, 5.41) is 1.26. The highest BCUT2D eigenvalue weighted by molar-refractivity contribution is 7.99. The number of H-pyrrole nitrogens is 1. The lowest BCUT2D eigenvalue weighted by atomic mass is 10.0. The van der Waals surface area contributed by atoms with Crippen LogP contribution in [0.2, 0.25) is 0 Å². The number of para-hydroxylation sites is 1. The first kappa shape index (κ1) is 11.7. The fourth-order valence-electron chi connectivity index (χ4n) is 2.59. The van der Waals surface area contributed by atoms with Crippen LogP contribution in [0.15, 0.2) is 24.3 Å². The van der Waals surface area contributed by atoms with Gasteiger partial charge in [-0.15, -0.1) is 0 Å². The average Bonchev–Trinajstić information content (AvgIpc) is 2.76. The van der Waals surface area contributed by atoms with E-state index in [-0.39, 0.29) is 5.91 Å². The van der Waals surface area contributed by atoms with E-state index in [9.17, 15) is 4.79 Å². The highest BCUT2D eigenvalue weighted by Crippen LogP contribution is 2.27. The maximum absolute atomic E-state index is 12.0. The minimum atomic E-state index is 0.249. The van der Waals surface area contributed by atoms with Gasteiger partial charge in [-0.2, -0.15) is 11.8 Å². The van der Waals surface area contributed by atoms with Gasteiger partial charge >= 0.3 is 0 Å². The van der Waals surface area contributed by atoms with E-state index in [1.165, 1.54) is 22.2 Å². The summed E-state index contributed by atoms with van der Waals surface area (Å²) in [7, 11) is 0. The van der Waals surface area contributed by atoms with Crippen LogP contribution in [0.25, 0.3) is 10.9 Å². The fraction of sp³-hybridized carbons (Fsp3) is 0.357. The number of nitrogens with zero attached hydrogens (tertiary/aromatic N) is 1. The second-order valence-corrected chi connectivity index (χ2v) is 5.49. The summed E-state index contributed by atoms with van der Waals surface area (Å²) in [6, 6.07) is 8.33. The fourth-order valence-corrected chi connectivity index (χ4v) is 3.02. The van der Waals surface area contributed by atoms with E-state index in [0.29, 0.717) is 5.75 Å². The van der Waals surface area contributed by atoms with E-state index in [0.717, 1.165) is 19.5 Å². The SMILES string of the molecule is CSCC(=O)N1CCc2[nH]c3ccccc3c2C1. The molecule has 1 aliphatic rings. The number of benzene rings is 1. The monoisotopic (exact) mass is 260 g/mol. The van der Waals surface area contributed by atoms with Crippen molar-refractivity contribution >= 4 is 28.6 Å². The normalized spacial score (nSPS) is 14.8. The summed E-state index contributed by atoms with van der Waals surface area (Å²) < 4.78 is 0. The van der Waals surface area contributed by atoms with Crippen LogP contribution in [-0.4, -0.2) is 34.3 Å². The third-order valence-electron chi connectivity index (χ3n) is 3.50. The Morgan fingerprint density at radius 2 is 2.28 bits per heavy atom. The number of amides is 1. The van der Waals surface area contributed by atoms with Gasteiger partial charge in [0, 0.05) is 41.7 Å². The Kier molecular flexibility index (Phi) is 3.04. The molecule has 0 bridgehead atoms. The van der Waals surface area contributed by atoms with E-state index >= 15 is 0 Å². The number of carbonyl (C=O) groups is 1. The van der Waals surface area contributed by atoms with Crippen molar-refractivity contribution in [3.8, 4) is 0 Å². The van der Waals surface area contributed by atoms with Crippen LogP contribution in [0, 0.1) is 0 Å². The van der Waals surface area contributed by atoms with Gasteiger partial charge in [0.05, 0.1) is 5.75 Å². The van der Waals surface area contributed by atoms with E-state index in [1.807, 2.05) is 17.2 Å². The van der Waals surface area contributed by atoms with Crippen molar-refractivity contribution in [2.45, 2.75) is 13.0 Å². The van der Waals surface area contributed by atoms with E-state index in [1.54, 1.807) is 11.8 Å². The molecule has 1 aromatic heterocycles. The Labute approximate surface area is 111 Å². The van der Waals surface area contributed by atoms with Gasteiger partial charge in [-0.1, -0.05) is 18.2 Å². The summed E-state index contributed by atoms with van der Waals surface area (Å²) in [5.41, 5.74) is 3.78. The van der Waals surface area contributed by atoms with Crippen molar-refractivity contribution in [1.29, 1.82) is 0 Å². The number of carbonyl (C=O) groups excluding carboxylic acids is 1. The number of aromatic nitrogens is 1. The Bertz CT molecular complexity index is 590. The van der Waals surface area contributed by atoms with Gasteiger partial charge in [0.2, 0.25) is 5.91 Å². The molecule has 94 valence electrons. The maximum Gasteiger partial charge on any atom is 0.232 e. The van der Waals surface area contributed by atoms with Gasteiger partial charge in [-0.3, -0.25) is 4.79 Å². The molecule has 0 spiro atoms. The first-order valence-electron chi connectivity index (χ1n) is 6.15. The molecule has 0 radical (unpaired) electrons. The van der Waals surface area contributed by atoms with Crippen molar-refractivity contribution < 1.29 is 4.79 Å². The Morgan fingerprint density at radius 3 is 3.11 bits per heavy atom. The molecule has 18 heavy (non-hydrogen) atoms. The lowest BCUT2D eigenvalue weighted by molar-refractivity contribution is -0.129. The predicted molar refractivity (Wildman–Crippen MR) is 75.8 cm³/mol. The van der Waals surface area contributed by atoms with E-state index in [4.69, 9.17) is 0 Å². The van der Waals surface area contributed by atoms with Gasteiger partial charge in [0.25, 0.3) is 0 Å². The molecule has 2 heterocycles. The second-order valence-electron chi connectivity index (χ2n) is 4.63. The average molecular weight is 260 g/mol. The third-order valence-corrected chi connectivity index (χ3v) is 4.04. The molecule has 0 fully saturated rings. The van der Waals surface area contributed by atoms with E-state index < -0.39 is 0 Å². The third kappa shape index (κ3) is 1.90. The maximum atomic E-state index is 12.0. The highest BCUT2D eigenvalue weighted by Gasteiger charge is 2.23. The molecule has 2 aromatic rings. The number of nitrogens with one attached hydrogen (secondary N) is 1. The molecule has 0 saturated carbocycles. The van der Waals surface area contributed by atoms with Crippen molar-refractivity contribution in [1.82, 2.24) is 9.88 Å². The molecule has 1 aromatic carbocycles. The summed E-state index contributed by atoms with van der Waals surface area (Å²) in [4.78, 5) is 17.4. The molecule has 1 amide bonds. The molecule has 3 nitrogen and oxygen atoms in total. The summed E-state index contributed by atoms with van der Waals surface area (Å²) in [5.74, 6) is 0.830. The minimum Gasteiger partial charge on any atom is -0.358 e. The topological polar surface area (TPSA) is 36.1 Å². The van der Waals surface area contributed by atoms with Crippen LogP contribution in [0.3, 0.4) is 0 Å². The highest BCUT2D eigenvalue weighted by atomic mass is 32.2. The van der Waals surface area contributed by atoms with Crippen LogP contribution >= 0.6 is 11.8 Å². The molecule has 0 aliphatic carbocycles.